The van der Waals surface area contributed by atoms with Crippen LogP contribution >= 0.6 is 11.6 Å². The fourth-order valence-electron chi connectivity index (χ4n) is 3.68. The van der Waals surface area contributed by atoms with E-state index in [4.69, 9.17) is 16.3 Å². The van der Waals surface area contributed by atoms with E-state index in [1.165, 1.54) is 10.4 Å². The Kier molecular flexibility index (Phi) is 7.63. The summed E-state index contributed by atoms with van der Waals surface area (Å²) < 4.78 is 35.6. The molecule has 0 aliphatic heterocycles. The van der Waals surface area contributed by atoms with Crippen molar-refractivity contribution in [3.05, 3.63) is 125 Å². The molecule has 0 saturated heterocycles. The van der Waals surface area contributed by atoms with Crippen LogP contribution in [0.15, 0.2) is 102 Å². The highest BCUT2D eigenvalue weighted by molar-refractivity contribution is 7.89. The molecule has 1 heterocycles. The predicted octanol–water partition coefficient (Wildman–Crippen LogP) is 6.01. The molecule has 0 atom stereocenters. The quantitative estimate of drug-likeness (QED) is 0.268. The van der Waals surface area contributed by atoms with Gasteiger partial charge in [0.25, 0.3) is 0 Å². The summed E-state index contributed by atoms with van der Waals surface area (Å²) in [5, 5.41) is 0.178. The first kappa shape index (κ1) is 24.0. The second-order valence-corrected chi connectivity index (χ2v) is 10.1. The van der Waals surface area contributed by atoms with Crippen LogP contribution in [0, 0.1) is 6.92 Å². The van der Waals surface area contributed by atoms with Gasteiger partial charge in [0, 0.05) is 19.2 Å². The number of nitrogens with zero attached hydrogens (tertiary/aromatic N) is 2. The summed E-state index contributed by atoms with van der Waals surface area (Å²) in [6.07, 6.45) is 0. The summed E-state index contributed by atoms with van der Waals surface area (Å²) in [6.45, 7) is 2.26. The summed E-state index contributed by atoms with van der Waals surface area (Å²) in [5.74, 6) is 0.187. The lowest BCUT2D eigenvalue weighted by molar-refractivity contribution is 0.295. The van der Waals surface area contributed by atoms with Crippen LogP contribution in [0.5, 0.6) is 5.75 Å². The maximum absolute atomic E-state index is 14.1. The van der Waals surface area contributed by atoms with Crippen molar-refractivity contribution in [2.75, 3.05) is 0 Å². The second-order valence-electron chi connectivity index (χ2n) is 7.88. The molecule has 0 spiro atoms. The van der Waals surface area contributed by atoms with Crippen molar-refractivity contribution >= 4 is 21.6 Å². The van der Waals surface area contributed by atoms with E-state index in [-0.39, 0.29) is 35.5 Å². The van der Waals surface area contributed by atoms with Crippen LogP contribution < -0.4 is 4.74 Å². The molecule has 0 unspecified atom stereocenters. The van der Waals surface area contributed by atoms with Gasteiger partial charge in [0.1, 0.15) is 22.4 Å². The predicted molar refractivity (Wildman–Crippen MR) is 134 cm³/mol. The summed E-state index contributed by atoms with van der Waals surface area (Å²) in [6, 6.07) is 30.1. The molecule has 174 valence electrons. The van der Waals surface area contributed by atoms with Gasteiger partial charge in [-0.1, -0.05) is 103 Å². The molecule has 0 N–H and O–H groups in total. The molecule has 0 fully saturated rings. The number of hydrogen-bond donors (Lipinski definition) is 0. The first-order valence-corrected chi connectivity index (χ1v) is 12.7. The maximum atomic E-state index is 14.1. The highest BCUT2D eigenvalue weighted by atomic mass is 35.5. The lowest BCUT2D eigenvalue weighted by Crippen LogP contribution is -2.31. The Morgan fingerprint density at radius 2 is 1.26 bits per heavy atom. The number of rotatable bonds is 9. The van der Waals surface area contributed by atoms with E-state index >= 15 is 0 Å². The van der Waals surface area contributed by atoms with Crippen molar-refractivity contribution in [2.45, 2.75) is 31.5 Å². The van der Waals surface area contributed by atoms with Gasteiger partial charge in [0.05, 0.1) is 5.69 Å². The molecule has 4 rings (SSSR count). The maximum Gasteiger partial charge on any atom is 0.249 e. The van der Waals surface area contributed by atoms with E-state index in [1.54, 1.807) is 6.92 Å². The number of benzene rings is 3. The van der Waals surface area contributed by atoms with Crippen molar-refractivity contribution in [3.8, 4) is 5.75 Å². The molecule has 1 aromatic heterocycles. The Labute approximate surface area is 205 Å². The molecular weight excluding hydrogens is 468 g/mol. The van der Waals surface area contributed by atoms with Crippen LogP contribution in [0.25, 0.3) is 0 Å². The number of halogens is 1. The van der Waals surface area contributed by atoms with Crippen molar-refractivity contribution in [1.29, 1.82) is 0 Å². The van der Waals surface area contributed by atoms with Gasteiger partial charge in [-0.3, -0.25) is 0 Å². The fourth-order valence-corrected chi connectivity index (χ4v) is 5.59. The van der Waals surface area contributed by atoms with E-state index in [9.17, 15) is 8.42 Å². The normalized spacial score (nSPS) is 11.5. The summed E-state index contributed by atoms with van der Waals surface area (Å²) in [4.78, 5) is 4.26. The molecule has 0 saturated carbocycles. The first-order chi connectivity index (χ1) is 16.4. The number of ether oxygens (including phenoxy) is 1. The zero-order chi connectivity index (χ0) is 24.0. The van der Waals surface area contributed by atoms with Gasteiger partial charge < -0.3 is 4.74 Å². The number of aromatic nitrogens is 1. The molecule has 4 aromatic rings. The molecule has 0 amide bonds. The third-order valence-corrected chi connectivity index (χ3v) is 7.46. The minimum absolute atomic E-state index is 0.0275. The standard InChI is InChI=1S/C27H25ClN2O3S/c1-21-27(25(17-26(28)29-21)33-20-24-15-9-4-10-16-24)34(31,32)30(18-22-11-5-2-6-12-22)19-23-13-7-3-8-14-23/h2-17H,18-20H2,1H3. The number of pyridine rings is 1. The van der Waals surface area contributed by atoms with E-state index < -0.39 is 10.0 Å². The van der Waals surface area contributed by atoms with Crippen molar-refractivity contribution in [1.82, 2.24) is 9.29 Å². The van der Waals surface area contributed by atoms with Crippen LogP contribution in [-0.4, -0.2) is 17.7 Å². The molecule has 0 aliphatic carbocycles. The van der Waals surface area contributed by atoms with Crippen molar-refractivity contribution in [2.24, 2.45) is 0 Å². The fraction of sp³-hybridized carbons (Fsp3) is 0.148. The molecule has 3 aromatic carbocycles. The Balaban J connectivity index is 1.74. The molecule has 5 nitrogen and oxygen atoms in total. The second kappa shape index (κ2) is 10.8. The summed E-state index contributed by atoms with van der Waals surface area (Å²) in [5.41, 5.74) is 2.98. The summed E-state index contributed by atoms with van der Waals surface area (Å²) in [7, 11) is -3.99. The third kappa shape index (κ3) is 5.83. The molecular formula is C27H25ClN2O3S. The average molecular weight is 493 g/mol. The smallest absolute Gasteiger partial charge is 0.249 e. The number of sulfonamides is 1. The monoisotopic (exact) mass is 492 g/mol. The highest BCUT2D eigenvalue weighted by Crippen LogP contribution is 2.33. The highest BCUT2D eigenvalue weighted by Gasteiger charge is 2.31. The van der Waals surface area contributed by atoms with Gasteiger partial charge >= 0.3 is 0 Å². The van der Waals surface area contributed by atoms with Crippen LogP contribution in [0.3, 0.4) is 0 Å². The lowest BCUT2D eigenvalue weighted by atomic mass is 10.2. The molecule has 0 aliphatic rings. The van der Waals surface area contributed by atoms with E-state index in [1.807, 2.05) is 91.0 Å². The minimum Gasteiger partial charge on any atom is -0.487 e. The number of hydrogen-bond acceptors (Lipinski definition) is 4. The van der Waals surface area contributed by atoms with Gasteiger partial charge in [-0.2, -0.15) is 4.31 Å². The van der Waals surface area contributed by atoms with Crippen LogP contribution in [0.2, 0.25) is 5.15 Å². The summed E-state index contributed by atoms with van der Waals surface area (Å²) >= 11 is 6.19. The minimum atomic E-state index is -3.99. The third-order valence-electron chi connectivity index (χ3n) is 5.32. The Morgan fingerprint density at radius 3 is 1.76 bits per heavy atom. The van der Waals surface area contributed by atoms with E-state index in [0.717, 1.165) is 16.7 Å². The molecule has 34 heavy (non-hydrogen) atoms. The first-order valence-electron chi connectivity index (χ1n) is 10.9. The van der Waals surface area contributed by atoms with Crippen molar-refractivity contribution in [3.63, 3.8) is 0 Å². The SMILES string of the molecule is Cc1nc(Cl)cc(OCc2ccccc2)c1S(=O)(=O)N(Cc1ccccc1)Cc1ccccc1. The van der Waals surface area contributed by atoms with Gasteiger partial charge in [-0.25, -0.2) is 13.4 Å². The number of aryl methyl sites for hydroxylation is 1. The van der Waals surface area contributed by atoms with Gasteiger partial charge in [-0.15, -0.1) is 0 Å². The van der Waals surface area contributed by atoms with Crippen LogP contribution in [-0.2, 0) is 29.7 Å². The Bertz CT molecular complexity index is 1290. The van der Waals surface area contributed by atoms with Gasteiger partial charge in [0.15, 0.2) is 0 Å². The Hall–Kier alpha value is -3.19. The van der Waals surface area contributed by atoms with Crippen LogP contribution in [0.1, 0.15) is 22.4 Å². The zero-order valence-corrected chi connectivity index (χ0v) is 20.3. The van der Waals surface area contributed by atoms with Gasteiger partial charge in [0.2, 0.25) is 10.0 Å². The van der Waals surface area contributed by atoms with E-state index in [2.05, 4.69) is 4.98 Å². The van der Waals surface area contributed by atoms with Crippen LogP contribution in [0.4, 0.5) is 0 Å². The van der Waals surface area contributed by atoms with Gasteiger partial charge in [-0.05, 0) is 23.6 Å². The molecule has 0 radical (unpaired) electrons. The van der Waals surface area contributed by atoms with E-state index in [0.29, 0.717) is 5.69 Å². The molecule has 7 heteroatoms. The Morgan fingerprint density at radius 1 is 0.794 bits per heavy atom. The largest absolute Gasteiger partial charge is 0.487 e. The topological polar surface area (TPSA) is 59.5 Å². The van der Waals surface area contributed by atoms with Crippen molar-refractivity contribution < 1.29 is 13.2 Å². The molecule has 0 bridgehead atoms. The average Bonchev–Trinajstić information content (AvgIpc) is 2.84. The lowest BCUT2D eigenvalue weighted by Gasteiger charge is -2.25. The zero-order valence-electron chi connectivity index (χ0n) is 18.8.